The van der Waals surface area contributed by atoms with Crippen LogP contribution in [0.25, 0.3) is 0 Å². The number of nitrogens with one attached hydrogen (secondary N) is 1. The quantitative estimate of drug-likeness (QED) is 0.0261. The molecule has 6 N–H and O–H groups in total. The minimum atomic E-state index is -1.57. The lowest BCUT2D eigenvalue weighted by Crippen LogP contribution is -2.60. The van der Waals surface area contributed by atoms with Gasteiger partial charge in [0, 0.05) is 6.42 Å². The maximum atomic E-state index is 13.1. The maximum Gasteiger partial charge on any atom is 0.220 e. The van der Waals surface area contributed by atoms with E-state index in [0.29, 0.717) is 6.42 Å². The number of carbonyl (C=O) groups is 1. The molecular formula is C67H127NO8. The van der Waals surface area contributed by atoms with E-state index < -0.39 is 49.5 Å². The van der Waals surface area contributed by atoms with Crippen LogP contribution in [0.4, 0.5) is 0 Å². The molecule has 0 spiro atoms. The van der Waals surface area contributed by atoms with Crippen LogP contribution >= 0.6 is 0 Å². The van der Waals surface area contributed by atoms with Gasteiger partial charge in [0.2, 0.25) is 5.91 Å². The first-order chi connectivity index (χ1) is 37.3. The SMILES string of the molecule is CCCCCCCCCCCCCCCCC/C=C/CC/C=C/CC/C=C/C(O)C(COC1OC(CO)C(O)C(O)C1O)NC(=O)CCCCCCCCCCCCCCCCCCCCCCCCCCCCCC. The summed E-state index contributed by atoms with van der Waals surface area (Å²) in [6.45, 7) is 3.81. The lowest BCUT2D eigenvalue weighted by atomic mass is 9.99. The molecule has 9 nitrogen and oxygen atoms in total. The van der Waals surface area contributed by atoms with Crippen molar-refractivity contribution >= 4 is 5.91 Å². The van der Waals surface area contributed by atoms with Crippen LogP contribution in [0.2, 0.25) is 0 Å². The van der Waals surface area contributed by atoms with E-state index in [9.17, 15) is 30.3 Å². The van der Waals surface area contributed by atoms with E-state index in [0.717, 1.165) is 44.9 Å². The molecule has 1 amide bonds. The van der Waals surface area contributed by atoms with Crippen molar-refractivity contribution < 1.29 is 39.8 Å². The number of aliphatic hydroxyl groups excluding tert-OH is 5. The van der Waals surface area contributed by atoms with E-state index in [1.165, 1.54) is 263 Å². The van der Waals surface area contributed by atoms with E-state index in [2.05, 4.69) is 43.5 Å². The Morgan fingerprint density at radius 2 is 0.750 bits per heavy atom. The van der Waals surface area contributed by atoms with Crippen LogP contribution in [0.5, 0.6) is 0 Å². The second-order valence-electron chi connectivity index (χ2n) is 23.3. The van der Waals surface area contributed by atoms with Crippen molar-refractivity contribution in [3.05, 3.63) is 36.5 Å². The van der Waals surface area contributed by atoms with Crippen molar-refractivity contribution in [1.82, 2.24) is 5.32 Å². The largest absolute Gasteiger partial charge is 0.394 e. The molecule has 0 aromatic carbocycles. The molecule has 9 heteroatoms. The van der Waals surface area contributed by atoms with Gasteiger partial charge in [-0.25, -0.2) is 0 Å². The molecule has 1 fully saturated rings. The highest BCUT2D eigenvalue weighted by Crippen LogP contribution is 2.23. The minimum Gasteiger partial charge on any atom is -0.394 e. The number of carbonyl (C=O) groups excluding carboxylic acids is 1. The van der Waals surface area contributed by atoms with Crippen LogP contribution in [0.3, 0.4) is 0 Å². The topological polar surface area (TPSA) is 149 Å². The van der Waals surface area contributed by atoms with Crippen molar-refractivity contribution in [2.45, 2.75) is 371 Å². The summed E-state index contributed by atoms with van der Waals surface area (Å²) in [5, 5.41) is 54.6. The summed E-state index contributed by atoms with van der Waals surface area (Å²) < 4.78 is 11.3. The van der Waals surface area contributed by atoms with E-state index in [1.54, 1.807) is 6.08 Å². The number of aliphatic hydroxyl groups is 5. The zero-order valence-corrected chi connectivity index (χ0v) is 50.0. The number of ether oxygens (including phenoxy) is 2. The second-order valence-corrected chi connectivity index (χ2v) is 23.3. The maximum absolute atomic E-state index is 13.1. The molecule has 7 atom stereocenters. The normalized spacial score (nSPS) is 19.0. The molecule has 0 aromatic heterocycles. The molecule has 0 saturated carbocycles. The Hall–Kier alpha value is -1.59. The van der Waals surface area contributed by atoms with Gasteiger partial charge in [0.15, 0.2) is 6.29 Å². The molecule has 7 unspecified atom stereocenters. The average Bonchev–Trinajstić information content (AvgIpc) is 3.42. The minimum absolute atomic E-state index is 0.184. The van der Waals surface area contributed by atoms with Crippen LogP contribution in [0.1, 0.15) is 328 Å². The van der Waals surface area contributed by atoms with E-state index in [-0.39, 0.29) is 12.5 Å². The van der Waals surface area contributed by atoms with Gasteiger partial charge in [-0.05, 0) is 44.9 Å². The monoisotopic (exact) mass is 1070 g/mol. The third-order valence-corrected chi connectivity index (χ3v) is 15.9. The van der Waals surface area contributed by atoms with E-state index in [1.807, 2.05) is 6.08 Å². The number of hydrogen-bond acceptors (Lipinski definition) is 8. The summed E-state index contributed by atoms with van der Waals surface area (Å²) in [6.07, 6.45) is 68.2. The van der Waals surface area contributed by atoms with Gasteiger partial charge in [0.1, 0.15) is 24.4 Å². The Kier molecular flexibility index (Phi) is 54.0. The van der Waals surface area contributed by atoms with Crippen molar-refractivity contribution in [2.75, 3.05) is 13.2 Å². The van der Waals surface area contributed by atoms with Crippen molar-refractivity contribution in [3.63, 3.8) is 0 Å². The van der Waals surface area contributed by atoms with Crippen LogP contribution in [-0.2, 0) is 14.3 Å². The van der Waals surface area contributed by atoms with Gasteiger partial charge >= 0.3 is 0 Å². The fourth-order valence-electron chi connectivity index (χ4n) is 10.7. The first-order valence-electron chi connectivity index (χ1n) is 33.2. The van der Waals surface area contributed by atoms with Gasteiger partial charge in [-0.1, -0.05) is 314 Å². The molecule has 1 aliphatic heterocycles. The van der Waals surface area contributed by atoms with Crippen LogP contribution in [0, 0.1) is 0 Å². The summed E-state index contributed by atoms with van der Waals surface area (Å²) in [5.41, 5.74) is 0. The number of allylic oxidation sites excluding steroid dienone is 5. The summed E-state index contributed by atoms with van der Waals surface area (Å²) in [7, 11) is 0. The predicted octanol–water partition coefficient (Wildman–Crippen LogP) is 17.5. The number of unbranched alkanes of at least 4 members (excludes halogenated alkanes) is 44. The fourth-order valence-corrected chi connectivity index (χ4v) is 10.7. The summed E-state index contributed by atoms with van der Waals surface area (Å²) in [4.78, 5) is 13.1. The Balaban J connectivity index is 2.18. The summed E-state index contributed by atoms with van der Waals surface area (Å²) in [5.74, 6) is -0.184. The first-order valence-corrected chi connectivity index (χ1v) is 33.2. The van der Waals surface area contributed by atoms with E-state index >= 15 is 0 Å². The smallest absolute Gasteiger partial charge is 0.220 e. The standard InChI is InChI=1S/C67H127NO8/c1-3-5-7-9-11-13-15-17-19-21-23-25-27-29-30-31-33-35-37-39-41-43-45-47-49-51-53-55-57-63(71)68-60(59-75-67-66(74)65(73)64(72)62(58-69)76-67)61(70)56-54-52-50-48-46-44-42-40-38-36-34-32-28-26-24-22-20-18-16-14-12-10-8-6-4-2/h38,40,46,48,54,56,60-62,64-67,69-70,72-74H,3-37,39,41-45,47,49-53,55,57-59H2,1-2H3,(H,68,71)/b40-38+,48-46+,56-54+. The fraction of sp³-hybridized carbons (Fsp3) is 0.896. The van der Waals surface area contributed by atoms with Gasteiger partial charge in [-0.15, -0.1) is 0 Å². The molecule has 1 saturated heterocycles. The molecule has 448 valence electrons. The Morgan fingerprint density at radius 1 is 0.434 bits per heavy atom. The Bertz CT molecular complexity index is 1290. The van der Waals surface area contributed by atoms with Gasteiger partial charge in [-0.3, -0.25) is 4.79 Å². The zero-order chi connectivity index (χ0) is 55.0. The summed E-state index contributed by atoms with van der Waals surface area (Å²) >= 11 is 0. The third-order valence-electron chi connectivity index (χ3n) is 15.9. The van der Waals surface area contributed by atoms with E-state index in [4.69, 9.17) is 9.47 Å². The molecule has 1 aliphatic rings. The Labute approximate surface area is 470 Å². The molecule has 0 aromatic rings. The van der Waals surface area contributed by atoms with Crippen molar-refractivity contribution in [3.8, 4) is 0 Å². The van der Waals surface area contributed by atoms with Gasteiger partial charge in [0.25, 0.3) is 0 Å². The highest BCUT2D eigenvalue weighted by Gasteiger charge is 2.44. The highest BCUT2D eigenvalue weighted by molar-refractivity contribution is 5.76. The van der Waals surface area contributed by atoms with Crippen LogP contribution in [-0.4, -0.2) is 87.5 Å². The van der Waals surface area contributed by atoms with Crippen LogP contribution < -0.4 is 5.32 Å². The molecule has 76 heavy (non-hydrogen) atoms. The van der Waals surface area contributed by atoms with Gasteiger partial charge < -0.3 is 40.3 Å². The lowest BCUT2D eigenvalue weighted by molar-refractivity contribution is -0.302. The average molecular weight is 1070 g/mol. The number of rotatable bonds is 58. The van der Waals surface area contributed by atoms with Crippen molar-refractivity contribution in [1.29, 1.82) is 0 Å². The van der Waals surface area contributed by atoms with Gasteiger partial charge in [-0.2, -0.15) is 0 Å². The van der Waals surface area contributed by atoms with Crippen molar-refractivity contribution in [2.24, 2.45) is 0 Å². The molecule has 1 heterocycles. The molecule has 0 bridgehead atoms. The first kappa shape index (κ1) is 72.4. The summed E-state index contributed by atoms with van der Waals surface area (Å²) in [6, 6.07) is -0.827. The zero-order valence-electron chi connectivity index (χ0n) is 50.0. The molecule has 0 aliphatic carbocycles. The molecule has 1 rings (SSSR count). The van der Waals surface area contributed by atoms with Crippen LogP contribution in [0.15, 0.2) is 36.5 Å². The number of amides is 1. The lowest BCUT2D eigenvalue weighted by Gasteiger charge is -2.40. The molecular weight excluding hydrogens is 947 g/mol. The molecule has 0 radical (unpaired) electrons. The predicted molar refractivity (Wildman–Crippen MR) is 323 cm³/mol. The van der Waals surface area contributed by atoms with Gasteiger partial charge in [0.05, 0.1) is 25.4 Å². The third kappa shape index (κ3) is 45.2. The second kappa shape index (κ2) is 56.7. The highest BCUT2D eigenvalue weighted by atomic mass is 16.7. The number of hydrogen-bond donors (Lipinski definition) is 6. The Morgan fingerprint density at radius 3 is 1.11 bits per heavy atom.